The first-order valence-electron chi connectivity index (χ1n) is 6.51. The molecule has 1 aliphatic rings. The molecule has 0 bridgehead atoms. The number of nitrogens with zero attached hydrogens (tertiary/aromatic N) is 1. The molecule has 1 N–H and O–H groups in total. The Morgan fingerprint density at radius 2 is 2.00 bits per heavy atom. The van der Waals surface area contributed by atoms with Crippen molar-refractivity contribution >= 4 is 21.6 Å². The molecule has 1 aromatic carbocycles. The fourth-order valence-electron chi connectivity index (χ4n) is 2.03. The number of rotatable bonds is 6. The summed E-state index contributed by atoms with van der Waals surface area (Å²) in [6.07, 6.45) is 2.69. The molecule has 0 aliphatic heterocycles. The summed E-state index contributed by atoms with van der Waals surface area (Å²) in [5.41, 5.74) is 2.66. The first kappa shape index (κ1) is 12.9. The second-order valence-corrected chi connectivity index (χ2v) is 5.47. The predicted octanol–water partition coefficient (Wildman–Crippen LogP) is 3.55. The summed E-state index contributed by atoms with van der Waals surface area (Å²) in [6.45, 7) is 7.47. The van der Waals surface area contributed by atoms with Crippen LogP contribution in [0.4, 0.5) is 5.69 Å². The molecule has 17 heavy (non-hydrogen) atoms. The second kappa shape index (κ2) is 5.87. The molecule has 3 heteroatoms. The monoisotopic (exact) mass is 296 g/mol. The Labute approximate surface area is 113 Å². The van der Waals surface area contributed by atoms with Crippen LogP contribution >= 0.6 is 15.9 Å². The number of halogens is 1. The summed E-state index contributed by atoms with van der Waals surface area (Å²) < 4.78 is 1.20. The quantitative estimate of drug-likeness (QED) is 0.864. The van der Waals surface area contributed by atoms with Crippen LogP contribution in [0.3, 0.4) is 0 Å². The molecule has 1 saturated carbocycles. The zero-order valence-corrected chi connectivity index (χ0v) is 12.3. The van der Waals surface area contributed by atoms with Crippen molar-refractivity contribution in [3.8, 4) is 0 Å². The van der Waals surface area contributed by atoms with E-state index in [9.17, 15) is 0 Å². The topological polar surface area (TPSA) is 15.3 Å². The number of anilines is 1. The van der Waals surface area contributed by atoms with Gasteiger partial charge in [0.15, 0.2) is 0 Å². The molecular formula is C14H21BrN2. The number of benzene rings is 1. The molecule has 0 atom stereocenters. The fourth-order valence-corrected chi connectivity index (χ4v) is 2.71. The van der Waals surface area contributed by atoms with Crippen molar-refractivity contribution < 1.29 is 0 Å². The average molecular weight is 297 g/mol. The molecule has 1 aliphatic carbocycles. The van der Waals surface area contributed by atoms with Crippen LogP contribution in [0.1, 0.15) is 32.3 Å². The van der Waals surface area contributed by atoms with E-state index in [-0.39, 0.29) is 0 Å². The van der Waals surface area contributed by atoms with Gasteiger partial charge in [0.25, 0.3) is 0 Å². The predicted molar refractivity (Wildman–Crippen MR) is 77.6 cm³/mol. The van der Waals surface area contributed by atoms with E-state index in [1.165, 1.54) is 28.6 Å². The van der Waals surface area contributed by atoms with Gasteiger partial charge in [-0.15, -0.1) is 0 Å². The lowest BCUT2D eigenvalue weighted by molar-refractivity contribution is 0.687. The van der Waals surface area contributed by atoms with E-state index in [2.05, 4.69) is 58.2 Å². The summed E-state index contributed by atoms with van der Waals surface area (Å²) in [4.78, 5) is 2.36. The summed E-state index contributed by atoms with van der Waals surface area (Å²) in [5, 5.41) is 3.54. The third-order valence-corrected chi connectivity index (χ3v) is 3.92. The van der Waals surface area contributed by atoms with E-state index >= 15 is 0 Å². The van der Waals surface area contributed by atoms with Crippen molar-refractivity contribution in [2.75, 3.05) is 18.0 Å². The molecule has 0 heterocycles. The maximum Gasteiger partial charge on any atom is 0.0510 e. The zero-order valence-electron chi connectivity index (χ0n) is 10.7. The third kappa shape index (κ3) is 3.46. The van der Waals surface area contributed by atoms with E-state index in [1.807, 2.05) is 0 Å². The van der Waals surface area contributed by atoms with Crippen LogP contribution in [-0.2, 0) is 6.54 Å². The van der Waals surface area contributed by atoms with Crippen molar-refractivity contribution in [1.82, 2.24) is 5.32 Å². The fraction of sp³-hybridized carbons (Fsp3) is 0.571. The van der Waals surface area contributed by atoms with Crippen molar-refractivity contribution in [2.45, 2.75) is 39.3 Å². The van der Waals surface area contributed by atoms with Gasteiger partial charge in [0.1, 0.15) is 0 Å². The van der Waals surface area contributed by atoms with Gasteiger partial charge in [-0.25, -0.2) is 0 Å². The molecule has 94 valence electrons. The maximum absolute atomic E-state index is 3.68. The van der Waals surface area contributed by atoms with E-state index in [0.29, 0.717) is 0 Å². The van der Waals surface area contributed by atoms with Crippen LogP contribution in [0.2, 0.25) is 0 Å². The third-order valence-electron chi connectivity index (χ3n) is 3.29. The van der Waals surface area contributed by atoms with Crippen molar-refractivity contribution in [3.63, 3.8) is 0 Å². The normalized spacial score (nSPS) is 15.0. The largest absolute Gasteiger partial charge is 0.371 e. The molecule has 2 nitrogen and oxygen atoms in total. The summed E-state index contributed by atoms with van der Waals surface area (Å²) in [5.74, 6) is 0. The Kier molecular flexibility index (Phi) is 4.46. The minimum Gasteiger partial charge on any atom is -0.371 e. The number of hydrogen-bond donors (Lipinski definition) is 1. The number of hydrogen-bond acceptors (Lipinski definition) is 2. The Bertz CT molecular complexity index is 370. The minimum atomic E-state index is 0.774. The summed E-state index contributed by atoms with van der Waals surface area (Å²) in [6, 6.07) is 7.47. The summed E-state index contributed by atoms with van der Waals surface area (Å²) >= 11 is 3.68. The Hall–Kier alpha value is -0.540. The lowest BCUT2D eigenvalue weighted by atomic mass is 10.2. The van der Waals surface area contributed by atoms with E-state index in [4.69, 9.17) is 0 Å². The van der Waals surface area contributed by atoms with Crippen molar-refractivity contribution in [1.29, 1.82) is 0 Å². The highest BCUT2D eigenvalue weighted by atomic mass is 79.9. The van der Waals surface area contributed by atoms with E-state index in [1.54, 1.807) is 0 Å². The highest BCUT2D eigenvalue weighted by Crippen LogP contribution is 2.27. The molecule has 2 rings (SSSR count). The molecule has 0 spiro atoms. The molecule has 1 fully saturated rings. The average Bonchev–Trinajstić information content (AvgIpc) is 3.14. The Morgan fingerprint density at radius 3 is 2.53 bits per heavy atom. The van der Waals surface area contributed by atoms with Gasteiger partial charge in [-0.05, 0) is 60.3 Å². The van der Waals surface area contributed by atoms with Gasteiger partial charge in [0.05, 0.1) is 5.69 Å². The van der Waals surface area contributed by atoms with Crippen LogP contribution in [0, 0.1) is 0 Å². The van der Waals surface area contributed by atoms with Gasteiger partial charge >= 0.3 is 0 Å². The first-order chi connectivity index (χ1) is 8.24. The van der Waals surface area contributed by atoms with Gasteiger partial charge in [-0.1, -0.05) is 6.07 Å². The smallest absolute Gasteiger partial charge is 0.0510 e. The molecule has 0 aromatic heterocycles. The minimum absolute atomic E-state index is 0.774. The Balaban J connectivity index is 2.04. The van der Waals surface area contributed by atoms with Crippen molar-refractivity contribution in [2.24, 2.45) is 0 Å². The first-order valence-corrected chi connectivity index (χ1v) is 7.30. The van der Waals surface area contributed by atoms with Crippen LogP contribution in [0.15, 0.2) is 22.7 Å². The van der Waals surface area contributed by atoms with Crippen LogP contribution < -0.4 is 10.2 Å². The molecule has 0 radical (unpaired) electrons. The van der Waals surface area contributed by atoms with Crippen LogP contribution in [-0.4, -0.2) is 19.1 Å². The SMILES string of the molecule is CCN(CC)c1ccc(CNC2CC2)cc1Br. The molecule has 0 unspecified atom stereocenters. The molecular weight excluding hydrogens is 276 g/mol. The van der Waals surface area contributed by atoms with Crippen molar-refractivity contribution in [3.05, 3.63) is 28.2 Å². The van der Waals surface area contributed by atoms with Gasteiger partial charge in [-0.2, -0.15) is 0 Å². The lowest BCUT2D eigenvalue weighted by Gasteiger charge is -2.22. The van der Waals surface area contributed by atoms with Gasteiger partial charge in [-0.3, -0.25) is 0 Å². The van der Waals surface area contributed by atoms with Gasteiger partial charge in [0.2, 0.25) is 0 Å². The van der Waals surface area contributed by atoms with Gasteiger partial charge < -0.3 is 10.2 Å². The second-order valence-electron chi connectivity index (χ2n) is 4.61. The maximum atomic E-state index is 3.68. The summed E-state index contributed by atoms with van der Waals surface area (Å²) in [7, 11) is 0. The van der Waals surface area contributed by atoms with E-state index in [0.717, 1.165) is 25.7 Å². The Morgan fingerprint density at radius 1 is 1.29 bits per heavy atom. The van der Waals surface area contributed by atoms with Crippen LogP contribution in [0.25, 0.3) is 0 Å². The standard InChI is InChI=1S/C14H21BrN2/c1-3-17(4-2)14-8-5-11(9-13(14)15)10-16-12-6-7-12/h5,8-9,12,16H,3-4,6-7,10H2,1-2H3. The van der Waals surface area contributed by atoms with Crippen LogP contribution in [0.5, 0.6) is 0 Å². The van der Waals surface area contributed by atoms with E-state index < -0.39 is 0 Å². The zero-order chi connectivity index (χ0) is 12.3. The molecule has 1 aromatic rings. The van der Waals surface area contributed by atoms with Gasteiger partial charge in [0, 0.05) is 30.1 Å². The lowest BCUT2D eigenvalue weighted by Crippen LogP contribution is -2.22. The highest BCUT2D eigenvalue weighted by molar-refractivity contribution is 9.10. The highest BCUT2D eigenvalue weighted by Gasteiger charge is 2.20. The number of nitrogens with one attached hydrogen (secondary N) is 1. The molecule has 0 saturated heterocycles. The molecule has 0 amide bonds.